The number of hydrogen-bond acceptors (Lipinski definition) is 6. The van der Waals surface area contributed by atoms with Crippen molar-refractivity contribution >= 4 is 35.3 Å². The van der Waals surface area contributed by atoms with Crippen molar-refractivity contribution in [2.24, 2.45) is 0 Å². The highest BCUT2D eigenvalue weighted by Gasteiger charge is 2.15. The van der Waals surface area contributed by atoms with Crippen LogP contribution in [-0.2, 0) is 16.3 Å². The van der Waals surface area contributed by atoms with Crippen LogP contribution < -0.4 is 10.9 Å². The van der Waals surface area contributed by atoms with E-state index < -0.39 is 0 Å². The maximum Gasteiger partial charge on any atom is 0.269 e. The second-order valence-electron chi connectivity index (χ2n) is 7.30. The highest BCUT2D eigenvalue weighted by atomic mass is 32.2. The molecule has 0 aliphatic rings. The fraction of sp³-hybridized carbons (Fsp3) is 0.250. The van der Waals surface area contributed by atoms with E-state index >= 15 is 0 Å². The third-order valence-electron chi connectivity index (χ3n) is 4.56. The van der Waals surface area contributed by atoms with Crippen molar-refractivity contribution in [1.82, 2.24) is 20.8 Å². The molecule has 1 aromatic heterocycles. The van der Waals surface area contributed by atoms with Gasteiger partial charge in [0, 0.05) is 28.5 Å². The van der Waals surface area contributed by atoms with Crippen molar-refractivity contribution < 1.29 is 9.59 Å². The second-order valence-corrected chi connectivity index (χ2v) is 9.57. The number of benzene rings is 2. The molecule has 1 heterocycles. The highest BCUT2D eigenvalue weighted by molar-refractivity contribution is 7.99. The molecule has 8 heteroatoms. The van der Waals surface area contributed by atoms with Crippen LogP contribution in [0.3, 0.4) is 0 Å². The molecule has 2 amide bonds. The van der Waals surface area contributed by atoms with Crippen molar-refractivity contribution in [1.29, 1.82) is 0 Å². The Bertz CT molecular complexity index is 1040. The van der Waals surface area contributed by atoms with Gasteiger partial charge in [-0.05, 0) is 50.1 Å². The summed E-state index contributed by atoms with van der Waals surface area (Å²) >= 11 is 3.07. The van der Waals surface area contributed by atoms with Crippen molar-refractivity contribution in [2.75, 3.05) is 0 Å². The van der Waals surface area contributed by atoms with Gasteiger partial charge in [-0.2, -0.15) is 0 Å². The summed E-state index contributed by atoms with van der Waals surface area (Å²) in [5, 5.41) is 0.452. The number of amides is 2. The number of thioether (sulfide) groups is 2. The minimum absolute atomic E-state index is 0.235. The van der Waals surface area contributed by atoms with Crippen molar-refractivity contribution in [3.05, 3.63) is 88.7 Å². The lowest BCUT2D eigenvalue weighted by Crippen LogP contribution is -2.44. The van der Waals surface area contributed by atoms with Crippen LogP contribution in [0.15, 0.2) is 65.8 Å². The Labute approximate surface area is 197 Å². The predicted octanol–water partition coefficient (Wildman–Crippen LogP) is 4.47. The van der Waals surface area contributed by atoms with Gasteiger partial charge in [0.15, 0.2) is 5.16 Å². The summed E-state index contributed by atoms with van der Waals surface area (Å²) < 4.78 is 0. The number of hydrogen-bond donors (Lipinski definition) is 2. The first-order chi connectivity index (χ1) is 15.4. The monoisotopic (exact) mass is 466 g/mol. The molecule has 32 heavy (non-hydrogen) atoms. The number of nitrogens with one attached hydrogen (secondary N) is 2. The van der Waals surface area contributed by atoms with E-state index in [2.05, 4.69) is 20.8 Å². The molecular formula is C24H26N4O2S2. The van der Waals surface area contributed by atoms with Gasteiger partial charge in [-0.25, -0.2) is 9.97 Å². The van der Waals surface area contributed by atoms with E-state index in [1.807, 2.05) is 69.3 Å². The summed E-state index contributed by atoms with van der Waals surface area (Å²) in [7, 11) is 0. The molecule has 166 valence electrons. The molecule has 2 aromatic carbocycles. The van der Waals surface area contributed by atoms with Gasteiger partial charge < -0.3 is 0 Å². The summed E-state index contributed by atoms with van der Waals surface area (Å²) in [4.78, 5) is 33.5. The zero-order chi connectivity index (χ0) is 22.9. The molecule has 0 radical (unpaired) electrons. The third-order valence-corrected chi connectivity index (χ3v) is 6.69. The van der Waals surface area contributed by atoms with E-state index in [4.69, 9.17) is 0 Å². The first-order valence-corrected chi connectivity index (χ1v) is 12.2. The Hall–Kier alpha value is -2.84. The summed E-state index contributed by atoms with van der Waals surface area (Å²) in [5.41, 5.74) is 9.59. The van der Waals surface area contributed by atoms with Gasteiger partial charge in [0.25, 0.3) is 11.8 Å². The number of hydrazine groups is 1. The first-order valence-electron chi connectivity index (χ1n) is 10.2. The average Bonchev–Trinajstić information content (AvgIpc) is 2.79. The molecular weight excluding hydrogens is 440 g/mol. The van der Waals surface area contributed by atoms with E-state index in [-0.39, 0.29) is 17.1 Å². The quantitative estimate of drug-likeness (QED) is 0.290. The lowest BCUT2D eigenvalue weighted by Gasteiger charge is -2.13. The van der Waals surface area contributed by atoms with Gasteiger partial charge in [0.05, 0.1) is 5.25 Å². The highest BCUT2D eigenvalue weighted by Crippen LogP contribution is 2.20. The van der Waals surface area contributed by atoms with Crippen molar-refractivity contribution in [3.63, 3.8) is 0 Å². The molecule has 0 bridgehead atoms. The molecule has 0 fully saturated rings. The zero-order valence-corrected chi connectivity index (χ0v) is 19.9. The predicted molar refractivity (Wildman–Crippen MR) is 130 cm³/mol. The van der Waals surface area contributed by atoms with Crippen LogP contribution in [0.2, 0.25) is 0 Å². The van der Waals surface area contributed by atoms with Crippen LogP contribution in [0.1, 0.15) is 39.8 Å². The van der Waals surface area contributed by atoms with Crippen LogP contribution in [0.25, 0.3) is 0 Å². The Balaban J connectivity index is 1.44. The number of nitrogens with zero attached hydrogens (tertiary/aromatic N) is 2. The lowest BCUT2D eigenvalue weighted by atomic mass is 10.1. The summed E-state index contributed by atoms with van der Waals surface area (Å²) in [5.74, 6) is 0.851. The van der Waals surface area contributed by atoms with Gasteiger partial charge in [-0.15, -0.1) is 11.8 Å². The molecule has 1 unspecified atom stereocenters. The fourth-order valence-corrected chi connectivity index (χ4v) is 4.57. The molecule has 0 spiro atoms. The molecule has 0 saturated carbocycles. The van der Waals surface area contributed by atoms with E-state index in [0.29, 0.717) is 11.3 Å². The SMILES string of the molecule is Cc1cc(C)nc(SCc2ccc(C(=O)NNC(=O)C(C)SCc3ccccc3)cc2)n1. The van der Waals surface area contributed by atoms with E-state index in [0.717, 1.165) is 33.4 Å². The minimum Gasteiger partial charge on any atom is -0.272 e. The molecule has 0 aliphatic heterocycles. The fourth-order valence-electron chi connectivity index (χ4n) is 2.82. The van der Waals surface area contributed by atoms with E-state index in [1.54, 1.807) is 23.9 Å². The Morgan fingerprint density at radius 2 is 1.50 bits per heavy atom. The molecule has 6 nitrogen and oxygen atoms in total. The van der Waals surface area contributed by atoms with E-state index in [1.165, 1.54) is 11.8 Å². The van der Waals surface area contributed by atoms with Crippen LogP contribution >= 0.6 is 23.5 Å². The third kappa shape index (κ3) is 7.39. The lowest BCUT2D eigenvalue weighted by molar-refractivity contribution is -0.121. The maximum atomic E-state index is 12.4. The van der Waals surface area contributed by atoms with Gasteiger partial charge in [-0.3, -0.25) is 20.4 Å². The number of carbonyl (C=O) groups is 2. The standard InChI is InChI=1S/C24H26N4O2S2/c1-16-13-17(2)26-24(25-16)32-15-20-9-11-21(12-10-20)23(30)28-27-22(29)18(3)31-14-19-7-5-4-6-8-19/h4-13,18H,14-15H2,1-3H3,(H,27,29)(H,28,30). The Morgan fingerprint density at radius 1 is 0.875 bits per heavy atom. The number of aromatic nitrogens is 2. The van der Waals surface area contributed by atoms with Crippen molar-refractivity contribution in [2.45, 2.75) is 42.7 Å². The van der Waals surface area contributed by atoms with Gasteiger partial charge >= 0.3 is 0 Å². The summed E-state index contributed by atoms with van der Waals surface area (Å²) in [6.07, 6.45) is 0. The van der Waals surface area contributed by atoms with Gasteiger partial charge in [0.2, 0.25) is 0 Å². The number of rotatable bonds is 8. The molecule has 3 rings (SSSR count). The van der Waals surface area contributed by atoms with Gasteiger partial charge in [-0.1, -0.05) is 54.2 Å². The van der Waals surface area contributed by atoms with Crippen LogP contribution in [0, 0.1) is 13.8 Å². The molecule has 1 atom stereocenters. The second kappa shape index (κ2) is 11.7. The number of carbonyl (C=O) groups excluding carboxylic acids is 2. The normalized spacial score (nSPS) is 11.6. The molecule has 0 saturated heterocycles. The largest absolute Gasteiger partial charge is 0.272 e. The summed E-state index contributed by atoms with van der Waals surface area (Å²) in [6, 6.07) is 19.2. The Kier molecular flexibility index (Phi) is 8.70. The Morgan fingerprint density at radius 3 is 2.16 bits per heavy atom. The topological polar surface area (TPSA) is 84.0 Å². The summed E-state index contributed by atoms with van der Waals surface area (Å²) in [6.45, 7) is 5.72. The molecule has 0 aliphatic carbocycles. The zero-order valence-electron chi connectivity index (χ0n) is 18.3. The molecule has 2 N–H and O–H groups in total. The van der Waals surface area contributed by atoms with Crippen LogP contribution in [-0.4, -0.2) is 27.0 Å². The van der Waals surface area contributed by atoms with E-state index in [9.17, 15) is 9.59 Å². The molecule has 3 aromatic rings. The minimum atomic E-state index is -0.351. The maximum absolute atomic E-state index is 12.4. The average molecular weight is 467 g/mol. The van der Waals surface area contributed by atoms with Crippen LogP contribution in [0.4, 0.5) is 0 Å². The van der Waals surface area contributed by atoms with Crippen LogP contribution in [0.5, 0.6) is 0 Å². The van der Waals surface area contributed by atoms with Gasteiger partial charge in [0.1, 0.15) is 0 Å². The number of aryl methyl sites for hydroxylation is 2. The first kappa shape index (κ1) is 23.8. The van der Waals surface area contributed by atoms with Crippen molar-refractivity contribution in [3.8, 4) is 0 Å². The smallest absolute Gasteiger partial charge is 0.269 e.